The van der Waals surface area contributed by atoms with E-state index < -0.39 is 21.7 Å². The predicted molar refractivity (Wildman–Crippen MR) is 199 cm³/mol. The molecule has 0 aromatic carbocycles. The maximum atomic E-state index is 13.2. The fourth-order valence-electron chi connectivity index (χ4n) is 6.54. The highest BCUT2D eigenvalue weighted by Crippen LogP contribution is 2.44. The van der Waals surface area contributed by atoms with Crippen LogP contribution in [0.25, 0.3) is 16.8 Å². The highest BCUT2D eigenvalue weighted by molar-refractivity contribution is 6.76. The Kier molecular flexibility index (Phi) is 11.4. The molecule has 0 aliphatic carbocycles. The summed E-state index contributed by atoms with van der Waals surface area (Å²) in [5, 5.41) is 4.84. The van der Waals surface area contributed by atoms with Crippen molar-refractivity contribution in [1.82, 2.24) is 24.5 Å². The van der Waals surface area contributed by atoms with Crippen LogP contribution in [0.1, 0.15) is 68.6 Å². The Morgan fingerprint density at radius 3 is 2.08 bits per heavy atom. The molecule has 13 heteroatoms. The standard InChI is InChI=1S/C36H56N6O5Si2/c1-36(2,3)47-35(44)41-29-12-13-30(41)19-27(18-29)32-20-33(40(24-45-14-16-48(4,5)6)25-46-15-17-49(7,8)9)42-34(39-32)31(22-38-42)26-10-11-28(23-43)37-21-26/h10-11,20-23,27,29-30H,12-19,24-25H2,1-9H3/t27?,29-,30+. The van der Waals surface area contributed by atoms with Crippen molar-refractivity contribution in [3.63, 3.8) is 0 Å². The average Bonchev–Trinajstić information content (AvgIpc) is 3.56. The zero-order chi connectivity index (χ0) is 35.6. The molecule has 0 radical (unpaired) electrons. The van der Waals surface area contributed by atoms with E-state index in [1.165, 1.54) is 0 Å². The molecule has 2 bridgehead atoms. The van der Waals surface area contributed by atoms with Crippen LogP contribution in [0.3, 0.4) is 0 Å². The third kappa shape index (κ3) is 9.77. The zero-order valence-electron chi connectivity index (χ0n) is 31.0. The number of hydrogen-bond acceptors (Lipinski definition) is 9. The number of ether oxygens (including phenoxy) is 3. The van der Waals surface area contributed by atoms with E-state index >= 15 is 0 Å². The van der Waals surface area contributed by atoms with Gasteiger partial charge in [-0.1, -0.05) is 45.3 Å². The van der Waals surface area contributed by atoms with E-state index in [9.17, 15) is 9.59 Å². The first kappa shape index (κ1) is 37.1. The van der Waals surface area contributed by atoms with Gasteiger partial charge in [0.05, 0.1) is 6.20 Å². The van der Waals surface area contributed by atoms with Gasteiger partial charge in [-0.25, -0.2) is 9.78 Å². The van der Waals surface area contributed by atoms with Crippen LogP contribution in [0, 0.1) is 0 Å². The fourth-order valence-corrected chi connectivity index (χ4v) is 8.06. The summed E-state index contributed by atoms with van der Waals surface area (Å²) in [4.78, 5) is 38.3. The van der Waals surface area contributed by atoms with Gasteiger partial charge in [-0.2, -0.15) is 9.61 Å². The predicted octanol–water partition coefficient (Wildman–Crippen LogP) is 7.68. The lowest BCUT2D eigenvalue weighted by molar-refractivity contribution is 0.00568. The monoisotopic (exact) mass is 708 g/mol. The summed E-state index contributed by atoms with van der Waals surface area (Å²) >= 11 is 0. The Hall–Kier alpha value is -3.14. The quantitative estimate of drug-likeness (QED) is 0.0721. The third-order valence-corrected chi connectivity index (χ3v) is 12.7. The number of aldehydes is 1. The molecule has 2 aliphatic heterocycles. The van der Waals surface area contributed by atoms with Crippen molar-refractivity contribution < 1.29 is 23.8 Å². The molecule has 3 aromatic rings. The Balaban J connectivity index is 1.51. The number of piperidine rings is 1. The molecular formula is C36H56N6O5Si2. The summed E-state index contributed by atoms with van der Waals surface area (Å²) in [7, 11) is -2.55. The SMILES string of the molecule is CC(C)(C)OC(=O)N1[C@@H]2CC[C@H]1CC(c1cc(N(COCC[Si](C)(C)C)COCC[Si](C)(C)C)n3ncc(-c4ccc(C=O)nc4)c3n1)C2. The molecule has 5 heterocycles. The first-order valence-electron chi connectivity index (χ1n) is 17.7. The van der Waals surface area contributed by atoms with Gasteiger partial charge in [0, 0.05) is 76.4 Å². The fraction of sp³-hybridized carbons (Fsp3) is 0.639. The number of fused-ring (bicyclic) bond motifs is 3. The van der Waals surface area contributed by atoms with Crippen LogP contribution < -0.4 is 4.90 Å². The van der Waals surface area contributed by atoms with Gasteiger partial charge < -0.3 is 24.0 Å². The Morgan fingerprint density at radius 2 is 1.57 bits per heavy atom. The van der Waals surface area contributed by atoms with Gasteiger partial charge in [0.1, 0.15) is 30.6 Å². The van der Waals surface area contributed by atoms with Crippen molar-refractivity contribution >= 4 is 40.0 Å². The van der Waals surface area contributed by atoms with Crippen LogP contribution in [-0.4, -0.2) is 97.4 Å². The highest BCUT2D eigenvalue weighted by Gasteiger charge is 2.45. The summed E-state index contributed by atoms with van der Waals surface area (Å²) in [5.74, 6) is 1.01. The number of carbonyl (C=O) groups is 2. The second-order valence-electron chi connectivity index (χ2n) is 17.1. The Labute approximate surface area is 293 Å². The van der Waals surface area contributed by atoms with Gasteiger partial charge in [0.25, 0.3) is 0 Å². The maximum absolute atomic E-state index is 13.2. The van der Waals surface area contributed by atoms with Crippen molar-refractivity contribution in [3.05, 3.63) is 42.0 Å². The van der Waals surface area contributed by atoms with Crippen LogP contribution in [0.5, 0.6) is 0 Å². The summed E-state index contributed by atoms with van der Waals surface area (Å²) < 4.78 is 20.3. The van der Waals surface area contributed by atoms with Gasteiger partial charge >= 0.3 is 6.09 Å². The lowest BCUT2D eigenvalue weighted by Crippen LogP contribution is -2.48. The lowest BCUT2D eigenvalue weighted by Gasteiger charge is -2.39. The molecule has 49 heavy (non-hydrogen) atoms. The second-order valence-corrected chi connectivity index (χ2v) is 28.3. The maximum Gasteiger partial charge on any atom is 0.410 e. The molecule has 5 rings (SSSR count). The minimum Gasteiger partial charge on any atom is -0.444 e. The molecule has 0 spiro atoms. The van der Waals surface area contributed by atoms with Crippen LogP contribution in [0.15, 0.2) is 30.6 Å². The van der Waals surface area contributed by atoms with Gasteiger partial charge in [-0.05, 0) is 64.6 Å². The Morgan fingerprint density at radius 1 is 0.959 bits per heavy atom. The lowest BCUT2D eigenvalue weighted by atomic mass is 9.88. The van der Waals surface area contributed by atoms with E-state index in [0.717, 1.165) is 66.7 Å². The summed E-state index contributed by atoms with van der Waals surface area (Å²) in [6.45, 7) is 22.0. The zero-order valence-corrected chi connectivity index (χ0v) is 33.0. The topological polar surface area (TPSA) is 111 Å². The van der Waals surface area contributed by atoms with Gasteiger partial charge in [-0.3, -0.25) is 9.78 Å². The average molecular weight is 709 g/mol. The van der Waals surface area contributed by atoms with Crippen molar-refractivity contribution in [2.24, 2.45) is 0 Å². The smallest absolute Gasteiger partial charge is 0.410 e. The van der Waals surface area contributed by atoms with Crippen molar-refractivity contribution in [2.45, 2.75) is 121 Å². The van der Waals surface area contributed by atoms with E-state index in [1.54, 1.807) is 12.3 Å². The van der Waals surface area contributed by atoms with Crippen LogP contribution in [0.4, 0.5) is 10.6 Å². The number of carbonyl (C=O) groups excluding carboxylic acids is 2. The molecule has 268 valence electrons. The van der Waals surface area contributed by atoms with Crippen LogP contribution in [-0.2, 0) is 14.2 Å². The van der Waals surface area contributed by atoms with Gasteiger partial charge in [0.2, 0.25) is 0 Å². The number of nitrogens with zero attached hydrogens (tertiary/aromatic N) is 6. The van der Waals surface area contributed by atoms with Gasteiger partial charge in [-0.15, -0.1) is 0 Å². The summed E-state index contributed by atoms with van der Waals surface area (Å²) in [5.41, 5.74) is 3.19. The molecule has 0 N–H and O–H groups in total. The molecule has 3 aromatic heterocycles. The number of hydrogen-bond donors (Lipinski definition) is 0. The van der Waals surface area contributed by atoms with Crippen molar-refractivity contribution in [3.8, 4) is 11.1 Å². The molecule has 2 fully saturated rings. The Bertz CT molecular complexity index is 1560. The number of amides is 1. The minimum absolute atomic E-state index is 0.107. The molecule has 3 atom stereocenters. The van der Waals surface area contributed by atoms with E-state index in [4.69, 9.17) is 24.3 Å². The number of pyridine rings is 1. The van der Waals surface area contributed by atoms with E-state index in [2.05, 4.69) is 55.2 Å². The minimum atomic E-state index is -1.27. The molecule has 2 saturated heterocycles. The van der Waals surface area contributed by atoms with E-state index in [0.29, 0.717) is 38.0 Å². The van der Waals surface area contributed by atoms with Crippen LogP contribution in [0.2, 0.25) is 51.4 Å². The first-order chi connectivity index (χ1) is 23.0. The summed E-state index contributed by atoms with van der Waals surface area (Å²) in [6.07, 6.45) is 7.60. The van der Waals surface area contributed by atoms with E-state index in [-0.39, 0.29) is 24.1 Å². The number of anilines is 1. The van der Waals surface area contributed by atoms with Gasteiger partial charge in [0.15, 0.2) is 11.9 Å². The molecule has 1 amide bonds. The van der Waals surface area contributed by atoms with Crippen molar-refractivity contribution in [1.29, 1.82) is 0 Å². The highest BCUT2D eigenvalue weighted by atomic mass is 28.3. The third-order valence-electron chi connectivity index (χ3n) is 9.26. The first-order valence-corrected chi connectivity index (χ1v) is 25.1. The number of aromatic nitrogens is 4. The largest absolute Gasteiger partial charge is 0.444 e. The second kappa shape index (κ2) is 15.0. The number of rotatable bonds is 14. The normalized spacial score (nSPS) is 19.8. The molecule has 1 unspecified atom stereocenters. The van der Waals surface area contributed by atoms with E-state index in [1.807, 2.05) is 42.4 Å². The van der Waals surface area contributed by atoms with Crippen molar-refractivity contribution in [2.75, 3.05) is 31.6 Å². The molecule has 0 saturated carbocycles. The summed E-state index contributed by atoms with van der Waals surface area (Å²) in [6, 6.07) is 8.11. The van der Waals surface area contributed by atoms with Crippen LogP contribution >= 0.6 is 0 Å². The molecule has 2 aliphatic rings. The molecular weight excluding hydrogens is 653 g/mol. The molecule has 11 nitrogen and oxygen atoms in total.